The number of nitrogens with zero attached hydrogens (tertiary/aromatic N) is 2. The van der Waals surface area contributed by atoms with Crippen LogP contribution < -0.4 is 0 Å². The highest BCUT2D eigenvalue weighted by Gasteiger charge is 2.73. The molecule has 0 aromatic rings. The lowest BCUT2D eigenvalue weighted by Crippen LogP contribution is -2.54. The van der Waals surface area contributed by atoms with E-state index in [-0.39, 0.29) is 48.1 Å². The first-order valence-corrected chi connectivity index (χ1v) is 12.0. The third kappa shape index (κ3) is 1.96. The molecule has 1 aliphatic carbocycles. The van der Waals surface area contributed by atoms with Gasteiger partial charge in [-0.15, -0.1) is 0 Å². The fraction of sp³-hybridized carbons (Fsp3) is 0.667. The van der Waals surface area contributed by atoms with Crippen LogP contribution in [-0.4, -0.2) is 81.1 Å². The minimum Gasteiger partial charge on any atom is -0.450 e. The first kappa shape index (κ1) is 18.4. The van der Waals surface area contributed by atoms with Gasteiger partial charge in [0.2, 0.25) is 0 Å². The van der Waals surface area contributed by atoms with Crippen LogP contribution in [0.2, 0.25) is 0 Å². The summed E-state index contributed by atoms with van der Waals surface area (Å²) in [6, 6.07) is 0.466. The summed E-state index contributed by atoms with van der Waals surface area (Å²) in [5.41, 5.74) is 0.597. The largest absolute Gasteiger partial charge is 0.450 e. The van der Waals surface area contributed by atoms with Gasteiger partial charge in [-0.05, 0) is 37.8 Å². The minimum absolute atomic E-state index is 0.0234. The zero-order valence-corrected chi connectivity index (χ0v) is 17.7. The Bertz CT molecular complexity index is 1050. The first-order chi connectivity index (χ1) is 15.5. The maximum absolute atomic E-state index is 12.5. The summed E-state index contributed by atoms with van der Waals surface area (Å²) in [5, 5.41) is 12.5. The van der Waals surface area contributed by atoms with E-state index in [0.717, 1.165) is 49.8 Å². The molecule has 8 heteroatoms. The molecule has 0 amide bonds. The molecule has 7 aliphatic heterocycles. The molecule has 168 valence electrons. The second-order valence-electron chi connectivity index (χ2n) is 10.7. The molecule has 5 fully saturated rings. The number of ether oxygens (including phenoxy) is 2. The summed E-state index contributed by atoms with van der Waals surface area (Å²) >= 11 is 0. The maximum Gasteiger partial charge on any atom is 0.332 e. The van der Waals surface area contributed by atoms with E-state index in [9.17, 15) is 14.7 Å². The van der Waals surface area contributed by atoms with Gasteiger partial charge in [-0.25, -0.2) is 9.59 Å². The number of aliphatic hydroxyl groups excluding tert-OH is 1. The van der Waals surface area contributed by atoms with Gasteiger partial charge in [-0.2, -0.15) is 5.06 Å². The van der Waals surface area contributed by atoms with Gasteiger partial charge in [0.15, 0.2) is 11.2 Å². The summed E-state index contributed by atoms with van der Waals surface area (Å²) in [7, 11) is 0. The molecule has 2 bridgehead atoms. The average molecular weight is 438 g/mol. The van der Waals surface area contributed by atoms with Gasteiger partial charge in [0.05, 0.1) is 18.2 Å². The number of hydrogen-bond acceptors (Lipinski definition) is 8. The van der Waals surface area contributed by atoms with Crippen LogP contribution in [0.25, 0.3) is 0 Å². The lowest BCUT2D eigenvalue weighted by atomic mass is 9.68. The fourth-order valence-corrected chi connectivity index (χ4v) is 8.59. The molecule has 8 rings (SSSR count). The Morgan fingerprint density at radius 2 is 1.81 bits per heavy atom. The van der Waals surface area contributed by atoms with E-state index in [4.69, 9.17) is 14.3 Å². The van der Waals surface area contributed by atoms with Crippen LogP contribution in [0.15, 0.2) is 35.5 Å². The number of aliphatic hydroxyl groups is 1. The zero-order chi connectivity index (χ0) is 21.4. The van der Waals surface area contributed by atoms with Crippen molar-refractivity contribution in [3.8, 4) is 0 Å². The Morgan fingerprint density at radius 3 is 2.72 bits per heavy atom. The summed E-state index contributed by atoms with van der Waals surface area (Å²) in [4.78, 5) is 34.1. The van der Waals surface area contributed by atoms with E-state index in [1.165, 1.54) is 0 Å². The molecule has 0 radical (unpaired) electrons. The quantitative estimate of drug-likeness (QED) is 0.601. The minimum atomic E-state index is -0.878. The summed E-state index contributed by atoms with van der Waals surface area (Å²) < 4.78 is 12.0. The van der Waals surface area contributed by atoms with E-state index < -0.39 is 17.3 Å². The third-order valence-corrected chi connectivity index (χ3v) is 9.53. The molecule has 9 unspecified atom stereocenters. The second kappa shape index (κ2) is 5.73. The van der Waals surface area contributed by atoms with Crippen molar-refractivity contribution in [3.05, 3.63) is 35.5 Å². The maximum atomic E-state index is 12.5. The van der Waals surface area contributed by atoms with Gasteiger partial charge in [0, 0.05) is 48.6 Å². The molecular formula is C24H26N2O6. The molecule has 8 nitrogen and oxygen atoms in total. The molecule has 1 spiro atoms. The molecule has 0 saturated carbocycles. The molecule has 5 saturated heterocycles. The number of fused-ring (bicyclic) bond motifs is 6. The third-order valence-electron chi connectivity index (χ3n) is 9.53. The summed E-state index contributed by atoms with van der Waals surface area (Å²) in [6.45, 7) is 1.02. The van der Waals surface area contributed by atoms with Gasteiger partial charge >= 0.3 is 11.9 Å². The SMILES string of the molecule is O=C1C=C2C3C(ON4C3CCC4C34CC(O)C=CC3=CC(=O)O4)C3CC2(O1)C1CCCN31. The lowest BCUT2D eigenvalue weighted by Gasteiger charge is -2.42. The van der Waals surface area contributed by atoms with Gasteiger partial charge in [-0.3, -0.25) is 9.74 Å². The van der Waals surface area contributed by atoms with Crippen LogP contribution >= 0.6 is 0 Å². The molecule has 9 atom stereocenters. The van der Waals surface area contributed by atoms with E-state index >= 15 is 0 Å². The van der Waals surface area contributed by atoms with Crippen molar-refractivity contribution in [2.24, 2.45) is 5.92 Å². The highest BCUT2D eigenvalue weighted by atomic mass is 16.7. The number of esters is 2. The molecule has 8 aliphatic rings. The number of rotatable bonds is 1. The zero-order valence-electron chi connectivity index (χ0n) is 17.7. The first-order valence-electron chi connectivity index (χ1n) is 12.0. The molecular weight excluding hydrogens is 412 g/mol. The standard InChI is InChI=1S/C24H26N2O6/c27-13-4-3-12-8-19(28)30-23(12,10-13)18-6-5-15-21-14-9-20(29)31-24(14)11-16(22(21)32-26(15)18)25-7-1-2-17(24)25/h3-4,8-9,13,15-18,21-22,27H,1-2,5-7,10-11H2. The average Bonchev–Trinajstić information content (AvgIpc) is 3.53. The summed E-state index contributed by atoms with van der Waals surface area (Å²) in [6.07, 6.45) is 11.2. The fourth-order valence-electron chi connectivity index (χ4n) is 8.59. The van der Waals surface area contributed by atoms with E-state index in [1.54, 1.807) is 18.2 Å². The predicted octanol–water partition coefficient (Wildman–Crippen LogP) is 0.764. The highest BCUT2D eigenvalue weighted by molar-refractivity contribution is 5.88. The van der Waals surface area contributed by atoms with E-state index in [0.29, 0.717) is 6.42 Å². The van der Waals surface area contributed by atoms with Crippen molar-refractivity contribution in [2.75, 3.05) is 6.54 Å². The molecule has 7 heterocycles. The highest BCUT2D eigenvalue weighted by Crippen LogP contribution is 2.62. The van der Waals surface area contributed by atoms with Crippen molar-refractivity contribution >= 4 is 11.9 Å². The number of carbonyl (C=O) groups is 2. The van der Waals surface area contributed by atoms with Crippen LogP contribution in [-0.2, 0) is 23.9 Å². The van der Waals surface area contributed by atoms with Crippen LogP contribution in [0, 0.1) is 5.92 Å². The van der Waals surface area contributed by atoms with Crippen LogP contribution in [0.3, 0.4) is 0 Å². The molecule has 0 aromatic heterocycles. The Kier molecular flexibility index (Phi) is 3.30. The number of hydrogen-bond donors (Lipinski definition) is 1. The van der Waals surface area contributed by atoms with Crippen molar-refractivity contribution < 1.29 is 29.0 Å². The Labute approximate surface area is 185 Å². The van der Waals surface area contributed by atoms with Crippen molar-refractivity contribution in [3.63, 3.8) is 0 Å². The Hall–Kier alpha value is -2.00. The lowest BCUT2D eigenvalue weighted by molar-refractivity contribution is -0.221. The second-order valence-corrected chi connectivity index (χ2v) is 10.7. The predicted molar refractivity (Wildman–Crippen MR) is 109 cm³/mol. The summed E-state index contributed by atoms with van der Waals surface area (Å²) in [5.74, 6) is -0.453. The topological polar surface area (TPSA) is 88.5 Å². The van der Waals surface area contributed by atoms with Crippen molar-refractivity contribution in [2.45, 2.75) is 86.1 Å². The van der Waals surface area contributed by atoms with Crippen LogP contribution in [0.5, 0.6) is 0 Å². The number of carbonyl (C=O) groups excluding carboxylic acids is 2. The smallest absolute Gasteiger partial charge is 0.332 e. The van der Waals surface area contributed by atoms with E-state index in [2.05, 4.69) is 9.96 Å². The molecule has 32 heavy (non-hydrogen) atoms. The Balaban J connectivity index is 1.20. The van der Waals surface area contributed by atoms with Crippen molar-refractivity contribution in [1.82, 2.24) is 9.96 Å². The molecule has 1 N–H and O–H groups in total. The van der Waals surface area contributed by atoms with Gasteiger partial charge in [0.25, 0.3) is 0 Å². The van der Waals surface area contributed by atoms with Crippen molar-refractivity contribution in [1.29, 1.82) is 0 Å². The van der Waals surface area contributed by atoms with E-state index in [1.807, 2.05) is 6.08 Å². The molecule has 0 aromatic carbocycles. The monoisotopic (exact) mass is 438 g/mol. The van der Waals surface area contributed by atoms with Gasteiger partial charge in [-0.1, -0.05) is 12.2 Å². The number of hydroxylamine groups is 2. The van der Waals surface area contributed by atoms with Gasteiger partial charge < -0.3 is 14.6 Å². The Morgan fingerprint density at radius 1 is 0.969 bits per heavy atom. The van der Waals surface area contributed by atoms with Gasteiger partial charge in [0.1, 0.15) is 6.10 Å². The van der Waals surface area contributed by atoms with Crippen LogP contribution in [0.1, 0.15) is 38.5 Å². The van der Waals surface area contributed by atoms with Crippen LogP contribution in [0.4, 0.5) is 0 Å². The normalized spacial score (nSPS) is 52.7.